The minimum absolute atomic E-state index is 0.237. The molecule has 26 heavy (non-hydrogen) atoms. The minimum Gasteiger partial charge on any atom is -0.370 e. The zero-order valence-electron chi connectivity index (χ0n) is 14.7. The number of amides is 1. The van der Waals surface area contributed by atoms with Crippen molar-refractivity contribution in [2.75, 3.05) is 23.3 Å². The number of hydrogen-bond acceptors (Lipinski definition) is 3. The van der Waals surface area contributed by atoms with Gasteiger partial charge in [0.2, 0.25) is 0 Å². The number of carbonyl (C=O) groups is 1. The Balaban J connectivity index is 1.68. The van der Waals surface area contributed by atoms with Gasteiger partial charge in [-0.05, 0) is 71.2 Å². The van der Waals surface area contributed by atoms with Crippen molar-refractivity contribution in [3.05, 3.63) is 58.6 Å². The van der Waals surface area contributed by atoms with E-state index in [2.05, 4.69) is 44.5 Å². The van der Waals surface area contributed by atoms with Gasteiger partial charge in [0.15, 0.2) is 5.11 Å². The third-order valence-corrected chi connectivity index (χ3v) is 5.52. The van der Waals surface area contributed by atoms with Crippen LogP contribution in [0.1, 0.15) is 30.1 Å². The van der Waals surface area contributed by atoms with Gasteiger partial charge in [-0.25, -0.2) is 0 Å². The SMILES string of the molecule is CC1CCN(c2ccccc2NC(=S)NC(=O)c2ccccc2Br)CC1. The number of carbonyl (C=O) groups excluding carboxylic acids is 1. The molecule has 1 fully saturated rings. The number of nitrogens with one attached hydrogen (secondary N) is 2. The van der Waals surface area contributed by atoms with Gasteiger partial charge in [0.05, 0.1) is 16.9 Å². The minimum atomic E-state index is -0.237. The monoisotopic (exact) mass is 431 g/mol. The highest BCUT2D eigenvalue weighted by atomic mass is 79.9. The molecule has 0 saturated carbocycles. The first-order valence-corrected chi connectivity index (χ1v) is 9.95. The van der Waals surface area contributed by atoms with Crippen molar-refractivity contribution in [1.82, 2.24) is 5.32 Å². The summed E-state index contributed by atoms with van der Waals surface area (Å²) in [6.45, 7) is 4.37. The molecule has 1 saturated heterocycles. The molecule has 0 unspecified atom stereocenters. The highest BCUT2D eigenvalue weighted by Crippen LogP contribution is 2.29. The highest BCUT2D eigenvalue weighted by Gasteiger charge is 2.19. The summed E-state index contributed by atoms with van der Waals surface area (Å²) < 4.78 is 0.739. The van der Waals surface area contributed by atoms with Gasteiger partial charge >= 0.3 is 0 Å². The van der Waals surface area contributed by atoms with Gasteiger partial charge < -0.3 is 10.2 Å². The second-order valence-electron chi connectivity index (χ2n) is 6.57. The van der Waals surface area contributed by atoms with E-state index >= 15 is 0 Å². The van der Waals surface area contributed by atoms with Crippen molar-refractivity contribution in [3.63, 3.8) is 0 Å². The fraction of sp³-hybridized carbons (Fsp3) is 0.300. The molecule has 2 aromatic rings. The normalized spacial score (nSPS) is 14.8. The number of halogens is 1. The van der Waals surface area contributed by atoms with E-state index in [-0.39, 0.29) is 5.91 Å². The molecule has 1 amide bonds. The molecule has 6 heteroatoms. The molecular formula is C20H22BrN3OS. The molecular weight excluding hydrogens is 410 g/mol. The molecule has 2 aromatic carbocycles. The maximum Gasteiger partial charge on any atom is 0.258 e. The number of thiocarbonyl (C=S) groups is 1. The lowest BCUT2D eigenvalue weighted by Crippen LogP contribution is -2.36. The van der Waals surface area contributed by atoms with Crippen molar-refractivity contribution in [2.45, 2.75) is 19.8 Å². The first-order chi connectivity index (χ1) is 12.5. The zero-order chi connectivity index (χ0) is 18.5. The maximum absolute atomic E-state index is 12.4. The van der Waals surface area contributed by atoms with Crippen LogP contribution in [0.2, 0.25) is 0 Å². The van der Waals surface area contributed by atoms with Crippen LogP contribution in [0.3, 0.4) is 0 Å². The smallest absolute Gasteiger partial charge is 0.258 e. The molecule has 2 N–H and O–H groups in total. The van der Waals surface area contributed by atoms with Gasteiger partial charge in [0, 0.05) is 17.6 Å². The van der Waals surface area contributed by atoms with Gasteiger partial charge in [-0.3, -0.25) is 10.1 Å². The summed E-state index contributed by atoms with van der Waals surface area (Å²) in [5.74, 6) is 0.537. The van der Waals surface area contributed by atoms with Gasteiger partial charge in [-0.1, -0.05) is 31.2 Å². The van der Waals surface area contributed by atoms with E-state index in [4.69, 9.17) is 12.2 Å². The van der Waals surface area contributed by atoms with Crippen LogP contribution in [0.5, 0.6) is 0 Å². The lowest BCUT2D eigenvalue weighted by molar-refractivity contribution is 0.0977. The van der Waals surface area contributed by atoms with Crippen LogP contribution in [0.4, 0.5) is 11.4 Å². The average molecular weight is 432 g/mol. The number of para-hydroxylation sites is 2. The first-order valence-electron chi connectivity index (χ1n) is 8.75. The number of benzene rings is 2. The summed E-state index contributed by atoms with van der Waals surface area (Å²) in [5, 5.41) is 6.23. The van der Waals surface area contributed by atoms with Crippen LogP contribution >= 0.6 is 28.1 Å². The molecule has 0 aromatic heterocycles. The van der Waals surface area contributed by atoms with Gasteiger partial charge in [-0.15, -0.1) is 0 Å². The summed E-state index contributed by atoms with van der Waals surface area (Å²) in [5.41, 5.74) is 2.59. The molecule has 136 valence electrons. The van der Waals surface area contributed by atoms with Crippen molar-refractivity contribution >= 4 is 50.5 Å². The molecule has 3 rings (SSSR count). The number of rotatable bonds is 3. The molecule has 0 aliphatic carbocycles. The Morgan fingerprint density at radius 2 is 1.77 bits per heavy atom. The van der Waals surface area contributed by atoms with Crippen molar-refractivity contribution in [1.29, 1.82) is 0 Å². The van der Waals surface area contributed by atoms with Gasteiger partial charge in [-0.2, -0.15) is 0 Å². The fourth-order valence-corrected chi connectivity index (χ4v) is 3.74. The van der Waals surface area contributed by atoms with E-state index in [0.717, 1.165) is 34.9 Å². The van der Waals surface area contributed by atoms with Crippen LogP contribution in [-0.2, 0) is 0 Å². The van der Waals surface area contributed by atoms with Crippen LogP contribution in [0, 0.1) is 5.92 Å². The van der Waals surface area contributed by atoms with Gasteiger partial charge in [0.1, 0.15) is 0 Å². The molecule has 4 nitrogen and oxygen atoms in total. The summed E-state index contributed by atoms with van der Waals surface area (Å²) in [4.78, 5) is 14.8. The van der Waals surface area contributed by atoms with Crippen LogP contribution in [0.25, 0.3) is 0 Å². The van der Waals surface area contributed by atoms with Crippen LogP contribution < -0.4 is 15.5 Å². The number of piperidine rings is 1. The Kier molecular flexibility index (Phi) is 6.27. The summed E-state index contributed by atoms with van der Waals surface area (Å²) in [7, 11) is 0. The lowest BCUT2D eigenvalue weighted by atomic mass is 9.98. The molecule has 0 radical (unpaired) electrons. The third-order valence-electron chi connectivity index (χ3n) is 4.62. The number of anilines is 2. The van der Waals surface area contributed by atoms with Crippen molar-refractivity contribution in [2.24, 2.45) is 5.92 Å². The summed E-state index contributed by atoms with van der Waals surface area (Å²) in [6, 6.07) is 15.4. The third kappa shape index (κ3) is 4.62. The van der Waals surface area contributed by atoms with E-state index in [0.29, 0.717) is 10.7 Å². The predicted octanol–water partition coefficient (Wildman–Crippen LogP) is 4.81. The standard InChI is InChI=1S/C20H22BrN3OS/c1-14-10-12-24(13-11-14)18-9-5-4-8-17(18)22-20(26)23-19(25)15-6-2-3-7-16(15)21/h2-9,14H,10-13H2,1H3,(H2,22,23,25,26). The van der Waals surface area contributed by atoms with E-state index in [9.17, 15) is 4.79 Å². The second-order valence-corrected chi connectivity index (χ2v) is 7.84. The molecule has 0 spiro atoms. The number of hydrogen-bond donors (Lipinski definition) is 2. The van der Waals surface area contributed by atoms with Gasteiger partial charge in [0.25, 0.3) is 5.91 Å². The second kappa shape index (κ2) is 8.64. The molecule has 0 atom stereocenters. The van der Waals surface area contributed by atoms with E-state index < -0.39 is 0 Å². The quantitative estimate of drug-likeness (QED) is 0.684. The Hall–Kier alpha value is -1.92. The van der Waals surface area contributed by atoms with Crippen molar-refractivity contribution < 1.29 is 4.79 Å². The Bertz CT molecular complexity index is 803. The molecule has 0 bridgehead atoms. The predicted molar refractivity (Wildman–Crippen MR) is 115 cm³/mol. The fourth-order valence-electron chi connectivity index (χ4n) is 3.07. The average Bonchev–Trinajstić information content (AvgIpc) is 2.63. The Morgan fingerprint density at radius 3 is 2.50 bits per heavy atom. The van der Waals surface area contributed by atoms with Crippen molar-refractivity contribution in [3.8, 4) is 0 Å². The van der Waals surface area contributed by atoms with E-state index in [1.54, 1.807) is 6.07 Å². The topological polar surface area (TPSA) is 44.4 Å². The largest absolute Gasteiger partial charge is 0.370 e. The summed E-state index contributed by atoms with van der Waals surface area (Å²) in [6.07, 6.45) is 2.38. The van der Waals surface area contributed by atoms with E-state index in [1.165, 1.54) is 12.8 Å². The first kappa shape index (κ1) is 18.9. The zero-order valence-corrected chi connectivity index (χ0v) is 17.1. The Labute approximate surface area is 168 Å². The molecule has 1 aliphatic heterocycles. The van der Waals surface area contributed by atoms with Crippen LogP contribution in [-0.4, -0.2) is 24.1 Å². The highest BCUT2D eigenvalue weighted by molar-refractivity contribution is 9.10. The summed E-state index contributed by atoms with van der Waals surface area (Å²) >= 11 is 8.75. The molecule has 1 aliphatic rings. The maximum atomic E-state index is 12.4. The molecule has 1 heterocycles. The van der Waals surface area contributed by atoms with E-state index in [1.807, 2.05) is 36.4 Å². The lowest BCUT2D eigenvalue weighted by Gasteiger charge is -2.33. The van der Waals surface area contributed by atoms with Crippen LogP contribution in [0.15, 0.2) is 53.0 Å². The Morgan fingerprint density at radius 1 is 1.12 bits per heavy atom. The number of nitrogens with zero attached hydrogens (tertiary/aromatic N) is 1.